The normalized spacial score (nSPS) is 21.8. The van der Waals surface area contributed by atoms with Gasteiger partial charge in [-0.15, -0.1) is 5.10 Å². The zero-order chi connectivity index (χ0) is 18.3. The first-order valence-corrected chi connectivity index (χ1v) is 9.92. The van der Waals surface area contributed by atoms with Crippen LogP contribution in [0.15, 0.2) is 24.3 Å². The summed E-state index contributed by atoms with van der Waals surface area (Å²) < 4.78 is 7.01. The third kappa shape index (κ3) is 3.05. The number of nitrogens with one attached hydrogen (secondary N) is 1. The van der Waals surface area contributed by atoms with Crippen molar-refractivity contribution in [1.82, 2.24) is 14.6 Å². The van der Waals surface area contributed by atoms with Gasteiger partial charge in [0, 0.05) is 11.5 Å². The van der Waals surface area contributed by atoms with Gasteiger partial charge in [0.2, 0.25) is 10.8 Å². The van der Waals surface area contributed by atoms with Gasteiger partial charge in [-0.2, -0.15) is 4.52 Å². The topological polar surface area (TPSA) is 64.1 Å². The standard InChI is InChI=1S/C19H24N4O2S/c1-12-6-5-9-22(11-12)16(14-7-4-8-15(10-14)25-3)17-18(24)23-19(26-17)20-13(2)21-23/h4,7-8,10,12,16,24H,5-6,9,11H2,1-3H3/p+1/t12-,16-/m0/s1. The summed E-state index contributed by atoms with van der Waals surface area (Å²) in [5.41, 5.74) is 1.16. The second-order valence-corrected chi connectivity index (χ2v) is 8.22. The van der Waals surface area contributed by atoms with Crippen molar-refractivity contribution in [2.24, 2.45) is 5.92 Å². The second kappa shape index (κ2) is 6.89. The van der Waals surface area contributed by atoms with Crippen molar-refractivity contribution in [3.05, 3.63) is 40.5 Å². The van der Waals surface area contributed by atoms with Gasteiger partial charge in [0.15, 0.2) is 6.04 Å². The van der Waals surface area contributed by atoms with E-state index in [0.29, 0.717) is 11.7 Å². The molecule has 4 rings (SSSR count). The molecule has 1 fully saturated rings. The lowest BCUT2D eigenvalue weighted by Gasteiger charge is -2.34. The van der Waals surface area contributed by atoms with E-state index in [4.69, 9.17) is 4.74 Å². The largest absolute Gasteiger partial charge is 0.497 e. The molecule has 3 atom stereocenters. The smallest absolute Gasteiger partial charge is 0.235 e. The van der Waals surface area contributed by atoms with Gasteiger partial charge >= 0.3 is 0 Å². The molecule has 2 aromatic heterocycles. The lowest BCUT2D eigenvalue weighted by Crippen LogP contribution is -3.13. The Kier molecular flexibility index (Phi) is 4.58. The Bertz CT molecular complexity index is 920. The highest BCUT2D eigenvalue weighted by atomic mass is 32.1. The SMILES string of the molecule is COc1cccc([C@@H](c2sc3nc(C)nn3c2O)[NH+]2CCC[C@H](C)C2)c1. The zero-order valence-corrected chi connectivity index (χ0v) is 16.2. The minimum absolute atomic E-state index is 0.0571. The van der Waals surface area contributed by atoms with Crippen molar-refractivity contribution in [3.63, 3.8) is 0 Å². The zero-order valence-electron chi connectivity index (χ0n) is 15.4. The molecule has 7 heteroatoms. The Morgan fingerprint density at radius 2 is 2.27 bits per heavy atom. The Hall–Kier alpha value is -2.12. The molecule has 1 saturated heterocycles. The maximum atomic E-state index is 10.9. The average Bonchev–Trinajstić information content (AvgIpc) is 3.13. The van der Waals surface area contributed by atoms with Crippen molar-refractivity contribution < 1.29 is 14.7 Å². The molecule has 1 unspecified atom stereocenters. The van der Waals surface area contributed by atoms with Crippen molar-refractivity contribution >= 4 is 16.3 Å². The number of rotatable bonds is 4. The first-order valence-electron chi connectivity index (χ1n) is 9.10. The molecule has 0 amide bonds. The number of piperidine rings is 1. The highest BCUT2D eigenvalue weighted by Crippen LogP contribution is 2.36. The molecule has 1 aromatic carbocycles. The third-order valence-corrected chi connectivity index (χ3v) is 6.29. The molecule has 0 aliphatic carbocycles. The van der Waals surface area contributed by atoms with Crippen LogP contribution >= 0.6 is 11.3 Å². The number of likely N-dealkylation sites (tertiary alicyclic amines) is 1. The van der Waals surface area contributed by atoms with Gasteiger partial charge in [-0.3, -0.25) is 0 Å². The summed E-state index contributed by atoms with van der Waals surface area (Å²) in [6.45, 7) is 6.34. The number of aromatic nitrogens is 3. The fourth-order valence-electron chi connectivity index (χ4n) is 4.02. The summed E-state index contributed by atoms with van der Waals surface area (Å²) in [6.07, 6.45) is 2.48. The van der Waals surface area contributed by atoms with Gasteiger partial charge in [0.25, 0.3) is 0 Å². The highest BCUT2D eigenvalue weighted by molar-refractivity contribution is 7.17. The van der Waals surface area contributed by atoms with Gasteiger partial charge in [0.1, 0.15) is 16.5 Å². The molecule has 3 aromatic rings. The van der Waals surface area contributed by atoms with E-state index in [1.165, 1.54) is 29.1 Å². The fourth-order valence-corrected chi connectivity index (χ4v) is 5.21. The molecule has 3 heterocycles. The van der Waals surface area contributed by atoms with E-state index in [0.717, 1.165) is 34.2 Å². The number of benzene rings is 1. The fraction of sp³-hybridized carbons (Fsp3) is 0.474. The molecule has 1 aliphatic heterocycles. The average molecular weight is 374 g/mol. The summed E-state index contributed by atoms with van der Waals surface area (Å²) in [4.78, 5) is 7.59. The van der Waals surface area contributed by atoms with Gasteiger partial charge in [-0.25, -0.2) is 4.98 Å². The number of methoxy groups -OCH3 is 1. The van der Waals surface area contributed by atoms with Crippen LogP contribution in [0, 0.1) is 12.8 Å². The molecule has 138 valence electrons. The molecule has 2 N–H and O–H groups in total. The summed E-state index contributed by atoms with van der Waals surface area (Å²) in [6, 6.07) is 8.24. The number of thiazole rings is 1. The van der Waals surface area contributed by atoms with E-state index in [2.05, 4.69) is 29.1 Å². The van der Waals surface area contributed by atoms with Crippen molar-refractivity contribution in [3.8, 4) is 11.6 Å². The van der Waals surface area contributed by atoms with Crippen LogP contribution in [0.2, 0.25) is 0 Å². The lowest BCUT2D eigenvalue weighted by molar-refractivity contribution is -0.933. The van der Waals surface area contributed by atoms with E-state index in [1.807, 2.05) is 19.1 Å². The Morgan fingerprint density at radius 3 is 3.00 bits per heavy atom. The van der Waals surface area contributed by atoms with E-state index in [-0.39, 0.29) is 11.9 Å². The Morgan fingerprint density at radius 1 is 1.42 bits per heavy atom. The molecular weight excluding hydrogens is 348 g/mol. The maximum Gasteiger partial charge on any atom is 0.235 e. The summed E-state index contributed by atoms with van der Waals surface area (Å²) in [5, 5.41) is 15.2. The highest BCUT2D eigenvalue weighted by Gasteiger charge is 2.35. The van der Waals surface area contributed by atoms with Crippen LogP contribution in [0.5, 0.6) is 11.6 Å². The van der Waals surface area contributed by atoms with E-state index < -0.39 is 0 Å². The Labute approximate surface area is 157 Å². The maximum absolute atomic E-state index is 10.9. The lowest BCUT2D eigenvalue weighted by atomic mass is 9.95. The van der Waals surface area contributed by atoms with Gasteiger partial charge in [-0.05, 0) is 31.9 Å². The predicted octanol–water partition coefficient (Wildman–Crippen LogP) is 2.22. The van der Waals surface area contributed by atoms with Gasteiger partial charge in [-0.1, -0.05) is 30.4 Å². The number of nitrogens with zero attached hydrogens (tertiary/aromatic N) is 3. The minimum atomic E-state index is 0.0571. The van der Waals surface area contributed by atoms with Crippen molar-refractivity contribution in [2.75, 3.05) is 20.2 Å². The molecule has 0 spiro atoms. The number of fused-ring (bicyclic) bond motifs is 1. The summed E-state index contributed by atoms with van der Waals surface area (Å²) in [5.74, 6) is 2.41. The van der Waals surface area contributed by atoms with Crippen LogP contribution in [-0.4, -0.2) is 39.9 Å². The first kappa shape index (κ1) is 17.3. The predicted molar refractivity (Wildman–Crippen MR) is 101 cm³/mol. The number of quaternary nitrogens is 1. The molecule has 6 nitrogen and oxygen atoms in total. The van der Waals surface area contributed by atoms with Crippen LogP contribution in [-0.2, 0) is 0 Å². The van der Waals surface area contributed by atoms with E-state index in [9.17, 15) is 5.11 Å². The van der Waals surface area contributed by atoms with E-state index in [1.54, 1.807) is 11.6 Å². The molecular formula is C19H25N4O2S+. The van der Waals surface area contributed by atoms with Crippen LogP contribution in [0.25, 0.3) is 4.96 Å². The molecule has 1 aliphatic rings. The monoisotopic (exact) mass is 373 g/mol. The van der Waals surface area contributed by atoms with Gasteiger partial charge < -0.3 is 14.7 Å². The molecule has 0 bridgehead atoms. The molecule has 26 heavy (non-hydrogen) atoms. The minimum Gasteiger partial charge on any atom is -0.497 e. The number of hydrogen-bond acceptors (Lipinski definition) is 5. The van der Waals surface area contributed by atoms with Crippen LogP contribution in [0.4, 0.5) is 0 Å². The number of aryl methyl sites for hydroxylation is 1. The third-order valence-electron chi connectivity index (χ3n) is 5.21. The summed E-state index contributed by atoms with van der Waals surface area (Å²) in [7, 11) is 1.69. The number of hydrogen-bond donors (Lipinski definition) is 2. The summed E-state index contributed by atoms with van der Waals surface area (Å²) >= 11 is 1.53. The van der Waals surface area contributed by atoms with Gasteiger partial charge in [0.05, 0.1) is 20.2 Å². The van der Waals surface area contributed by atoms with Crippen LogP contribution in [0.1, 0.15) is 42.1 Å². The van der Waals surface area contributed by atoms with E-state index >= 15 is 0 Å². The second-order valence-electron chi connectivity index (χ2n) is 7.21. The van der Waals surface area contributed by atoms with Crippen LogP contribution < -0.4 is 9.64 Å². The van der Waals surface area contributed by atoms with Crippen molar-refractivity contribution in [1.29, 1.82) is 0 Å². The first-order chi connectivity index (χ1) is 12.6. The Balaban J connectivity index is 1.83. The quantitative estimate of drug-likeness (QED) is 0.736. The van der Waals surface area contributed by atoms with Crippen LogP contribution in [0.3, 0.4) is 0 Å². The number of aromatic hydroxyl groups is 1. The van der Waals surface area contributed by atoms with Crippen molar-refractivity contribution in [2.45, 2.75) is 32.7 Å². The molecule has 0 radical (unpaired) electrons. The molecule has 0 saturated carbocycles. The number of ether oxygens (including phenoxy) is 1.